The summed E-state index contributed by atoms with van der Waals surface area (Å²) < 4.78 is 4.99. The lowest BCUT2D eigenvalue weighted by Crippen LogP contribution is -2.27. The molecule has 1 unspecified atom stereocenters. The SMILES string of the molecule is CCc1cccc(C)c1NC(=O)C(C)OC. The van der Waals surface area contributed by atoms with Crippen molar-refractivity contribution in [1.82, 2.24) is 0 Å². The van der Waals surface area contributed by atoms with Crippen molar-refractivity contribution in [3.8, 4) is 0 Å². The molecule has 0 aromatic heterocycles. The molecule has 0 aliphatic heterocycles. The number of hydrogen-bond acceptors (Lipinski definition) is 2. The van der Waals surface area contributed by atoms with Crippen molar-refractivity contribution in [1.29, 1.82) is 0 Å². The third kappa shape index (κ3) is 2.83. The van der Waals surface area contributed by atoms with Crippen molar-refractivity contribution in [3.63, 3.8) is 0 Å². The van der Waals surface area contributed by atoms with Gasteiger partial charge in [0.2, 0.25) is 0 Å². The molecule has 0 bridgehead atoms. The number of aryl methyl sites for hydroxylation is 2. The Balaban J connectivity index is 2.92. The van der Waals surface area contributed by atoms with E-state index in [1.165, 1.54) is 7.11 Å². The highest BCUT2D eigenvalue weighted by Crippen LogP contribution is 2.21. The molecule has 0 heterocycles. The van der Waals surface area contributed by atoms with Crippen molar-refractivity contribution in [2.75, 3.05) is 12.4 Å². The van der Waals surface area contributed by atoms with Gasteiger partial charge in [-0.2, -0.15) is 0 Å². The molecule has 1 amide bonds. The first-order valence-corrected chi connectivity index (χ1v) is 5.52. The minimum absolute atomic E-state index is 0.105. The number of nitrogens with one attached hydrogen (secondary N) is 1. The highest BCUT2D eigenvalue weighted by atomic mass is 16.5. The van der Waals surface area contributed by atoms with E-state index < -0.39 is 6.10 Å². The first-order chi connectivity index (χ1) is 7.60. The summed E-state index contributed by atoms with van der Waals surface area (Å²) in [5.74, 6) is -0.105. The first kappa shape index (κ1) is 12.7. The van der Waals surface area contributed by atoms with Crippen LogP contribution in [-0.4, -0.2) is 19.1 Å². The molecule has 1 rings (SSSR count). The first-order valence-electron chi connectivity index (χ1n) is 5.52. The largest absolute Gasteiger partial charge is 0.372 e. The number of amides is 1. The molecular formula is C13H19NO2. The van der Waals surface area contributed by atoms with Crippen molar-refractivity contribution < 1.29 is 9.53 Å². The van der Waals surface area contributed by atoms with E-state index in [0.29, 0.717) is 0 Å². The Morgan fingerprint density at radius 3 is 2.75 bits per heavy atom. The van der Waals surface area contributed by atoms with Crippen LogP contribution in [-0.2, 0) is 16.0 Å². The normalized spacial score (nSPS) is 12.2. The summed E-state index contributed by atoms with van der Waals surface area (Å²) >= 11 is 0. The number of ether oxygens (including phenoxy) is 1. The van der Waals surface area contributed by atoms with Crippen LogP contribution in [0.5, 0.6) is 0 Å². The van der Waals surface area contributed by atoms with Gasteiger partial charge in [0.1, 0.15) is 6.10 Å². The van der Waals surface area contributed by atoms with E-state index in [1.807, 2.05) is 25.1 Å². The van der Waals surface area contributed by atoms with Crippen LogP contribution in [0.3, 0.4) is 0 Å². The smallest absolute Gasteiger partial charge is 0.253 e. The molecule has 0 spiro atoms. The van der Waals surface area contributed by atoms with Crippen LogP contribution in [0.1, 0.15) is 25.0 Å². The number of anilines is 1. The van der Waals surface area contributed by atoms with Gasteiger partial charge in [-0.3, -0.25) is 4.79 Å². The number of carbonyl (C=O) groups is 1. The van der Waals surface area contributed by atoms with Crippen molar-refractivity contribution in [2.24, 2.45) is 0 Å². The predicted molar refractivity (Wildman–Crippen MR) is 65.7 cm³/mol. The minimum atomic E-state index is -0.427. The second-order valence-electron chi connectivity index (χ2n) is 3.83. The van der Waals surface area contributed by atoms with Crippen LogP contribution in [0.4, 0.5) is 5.69 Å². The van der Waals surface area contributed by atoms with E-state index in [2.05, 4.69) is 12.2 Å². The Hall–Kier alpha value is -1.35. The number of carbonyl (C=O) groups excluding carboxylic acids is 1. The average molecular weight is 221 g/mol. The highest BCUT2D eigenvalue weighted by molar-refractivity contribution is 5.95. The molecule has 1 atom stereocenters. The van der Waals surface area contributed by atoms with E-state index in [0.717, 1.165) is 23.2 Å². The number of methoxy groups -OCH3 is 1. The van der Waals surface area contributed by atoms with E-state index in [1.54, 1.807) is 6.92 Å². The lowest BCUT2D eigenvalue weighted by atomic mass is 10.1. The molecule has 0 saturated heterocycles. The molecule has 3 heteroatoms. The maximum absolute atomic E-state index is 11.7. The van der Waals surface area contributed by atoms with Crippen molar-refractivity contribution in [3.05, 3.63) is 29.3 Å². The molecule has 0 aliphatic carbocycles. The van der Waals surface area contributed by atoms with Gasteiger partial charge in [-0.25, -0.2) is 0 Å². The van der Waals surface area contributed by atoms with Crippen LogP contribution in [0.2, 0.25) is 0 Å². The summed E-state index contributed by atoms with van der Waals surface area (Å²) in [4.78, 5) is 11.7. The van der Waals surface area contributed by atoms with Crippen LogP contribution in [0.25, 0.3) is 0 Å². The molecule has 1 aromatic carbocycles. The standard InChI is InChI=1S/C13H19NO2/c1-5-11-8-6-7-9(2)12(11)14-13(15)10(3)16-4/h6-8,10H,5H2,1-4H3,(H,14,15). The van der Waals surface area contributed by atoms with E-state index in [4.69, 9.17) is 4.74 Å². The second-order valence-corrected chi connectivity index (χ2v) is 3.83. The number of benzene rings is 1. The zero-order valence-electron chi connectivity index (χ0n) is 10.3. The van der Waals surface area contributed by atoms with Crippen LogP contribution < -0.4 is 5.32 Å². The molecule has 0 aliphatic rings. The fraction of sp³-hybridized carbons (Fsp3) is 0.462. The van der Waals surface area contributed by atoms with Gasteiger partial charge in [-0.1, -0.05) is 25.1 Å². The zero-order valence-corrected chi connectivity index (χ0v) is 10.3. The predicted octanol–water partition coefficient (Wildman–Crippen LogP) is 2.53. The van der Waals surface area contributed by atoms with Crippen LogP contribution in [0.15, 0.2) is 18.2 Å². The van der Waals surface area contributed by atoms with Gasteiger partial charge >= 0.3 is 0 Å². The molecule has 1 aromatic rings. The third-order valence-electron chi connectivity index (χ3n) is 2.71. The van der Waals surface area contributed by atoms with Gasteiger partial charge < -0.3 is 10.1 Å². The van der Waals surface area contributed by atoms with E-state index in [-0.39, 0.29) is 5.91 Å². The Morgan fingerprint density at radius 2 is 2.19 bits per heavy atom. The molecule has 1 N–H and O–H groups in total. The Morgan fingerprint density at radius 1 is 1.50 bits per heavy atom. The third-order valence-corrected chi connectivity index (χ3v) is 2.71. The topological polar surface area (TPSA) is 38.3 Å². The van der Waals surface area contributed by atoms with Gasteiger partial charge in [-0.05, 0) is 31.4 Å². The fourth-order valence-electron chi connectivity index (χ4n) is 1.53. The average Bonchev–Trinajstić information content (AvgIpc) is 2.30. The summed E-state index contributed by atoms with van der Waals surface area (Å²) in [6, 6.07) is 6.02. The lowest BCUT2D eigenvalue weighted by molar-refractivity contribution is -0.124. The van der Waals surface area contributed by atoms with Gasteiger partial charge in [-0.15, -0.1) is 0 Å². The summed E-state index contributed by atoms with van der Waals surface area (Å²) in [6.45, 7) is 5.80. The van der Waals surface area contributed by atoms with Gasteiger partial charge in [0.25, 0.3) is 5.91 Å². The Bertz CT molecular complexity index is 374. The van der Waals surface area contributed by atoms with E-state index in [9.17, 15) is 4.79 Å². The Labute approximate surface area is 96.8 Å². The monoisotopic (exact) mass is 221 g/mol. The molecule has 0 radical (unpaired) electrons. The molecule has 16 heavy (non-hydrogen) atoms. The maximum Gasteiger partial charge on any atom is 0.253 e. The molecule has 3 nitrogen and oxygen atoms in total. The van der Waals surface area contributed by atoms with Gasteiger partial charge in [0.15, 0.2) is 0 Å². The fourth-order valence-corrected chi connectivity index (χ4v) is 1.53. The molecule has 88 valence electrons. The summed E-state index contributed by atoms with van der Waals surface area (Å²) in [7, 11) is 1.53. The maximum atomic E-state index is 11.7. The molecule has 0 fully saturated rings. The zero-order chi connectivity index (χ0) is 12.1. The summed E-state index contributed by atoms with van der Waals surface area (Å²) in [5, 5.41) is 2.92. The minimum Gasteiger partial charge on any atom is -0.372 e. The Kier molecular flexibility index (Phi) is 4.50. The summed E-state index contributed by atoms with van der Waals surface area (Å²) in [5.41, 5.74) is 3.14. The quantitative estimate of drug-likeness (QED) is 0.848. The highest BCUT2D eigenvalue weighted by Gasteiger charge is 2.14. The summed E-state index contributed by atoms with van der Waals surface area (Å²) in [6.07, 6.45) is 0.475. The lowest BCUT2D eigenvalue weighted by Gasteiger charge is -2.15. The molecular weight excluding hydrogens is 202 g/mol. The van der Waals surface area contributed by atoms with Crippen LogP contribution in [0, 0.1) is 6.92 Å². The van der Waals surface area contributed by atoms with Gasteiger partial charge in [0.05, 0.1) is 0 Å². The number of para-hydroxylation sites is 1. The second kappa shape index (κ2) is 5.66. The number of hydrogen-bond donors (Lipinski definition) is 1. The van der Waals surface area contributed by atoms with Crippen molar-refractivity contribution in [2.45, 2.75) is 33.3 Å². The number of rotatable bonds is 4. The van der Waals surface area contributed by atoms with Crippen molar-refractivity contribution >= 4 is 11.6 Å². The van der Waals surface area contributed by atoms with E-state index >= 15 is 0 Å². The van der Waals surface area contributed by atoms with Crippen LogP contribution >= 0.6 is 0 Å². The molecule has 0 saturated carbocycles. The van der Waals surface area contributed by atoms with Gasteiger partial charge in [0, 0.05) is 12.8 Å².